The molecule has 1 aromatic heterocycles. The van der Waals surface area contributed by atoms with Crippen LogP contribution < -0.4 is 0 Å². The van der Waals surface area contributed by atoms with Gasteiger partial charge in [0.05, 0.1) is 0 Å². The van der Waals surface area contributed by atoms with Crippen LogP contribution >= 0.6 is 0 Å². The standard InChI is InChI=1S/C6H11N3O/c1-5-7-8-6(4-10-3)9(5)2/h4H2,1-3H3. The van der Waals surface area contributed by atoms with Gasteiger partial charge in [-0.25, -0.2) is 0 Å². The SMILES string of the molecule is COCc1nnc(C)n1C. The lowest BCUT2D eigenvalue weighted by Crippen LogP contribution is -2.00. The van der Waals surface area contributed by atoms with Crippen molar-refractivity contribution >= 4 is 0 Å². The molecule has 0 spiro atoms. The Morgan fingerprint density at radius 1 is 1.50 bits per heavy atom. The Morgan fingerprint density at radius 2 is 2.20 bits per heavy atom. The molecule has 1 heterocycles. The van der Waals surface area contributed by atoms with Gasteiger partial charge in [0.1, 0.15) is 12.4 Å². The van der Waals surface area contributed by atoms with Crippen molar-refractivity contribution in [1.82, 2.24) is 14.8 Å². The summed E-state index contributed by atoms with van der Waals surface area (Å²) in [5, 5.41) is 7.76. The molecule has 0 unspecified atom stereocenters. The Hall–Kier alpha value is -0.900. The molecule has 0 saturated carbocycles. The zero-order valence-electron chi connectivity index (χ0n) is 6.46. The zero-order valence-corrected chi connectivity index (χ0v) is 6.46. The molecule has 56 valence electrons. The quantitative estimate of drug-likeness (QED) is 0.593. The number of rotatable bonds is 2. The molecule has 4 nitrogen and oxygen atoms in total. The number of ether oxygens (including phenoxy) is 1. The van der Waals surface area contributed by atoms with E-state index >= 15 is 0 Å². The maximum Gasteiger partial charge on any atom is 0.158 e. The van der Waals surface area contributed by atoms with Crippen LogP contribution in [0, 0.1) is 6.92 Å². The molecule has 0 aliphatic rings. The summed E-state index contributed by atoms with van der Waals surface area (Å²) in [6.45, 7) is 2.43. The minimum atomic E-state index is 0.525. The first-order chi connectivity index (χ1) is 4.75. The average molecular weight is 141 g/mol. The first-order valence-corrected chi connectivity index (χ1v) is 3.09. The topological polar surface area (TPSA) is 39.9 Å². The molecule has 0 amide bonds. The van der Waals surface area contributed by atoms with Crippen molar-refractivity contribution in [3.05, 3.63) is 11.6 Å². The van der Waals surface area contributed by atoms with Crippen LogP contribution in [0.2, 0.25) is 0 Å². The van der Waals surface area contributed by atoms with Crippen LogP contribution in [0.15, 0.2) is 0 Å². The van der Waals surface area contributed by atoms with E-state index in [-0.39, 0.29) is 0 Å². The van der Waals surface area contributed by atoms with Gasteiger partial charge in [0.25, 0.3) is 0 Å². The molecule has 0 radical (unpaired) electrons. The van der Waals surface area contributed by atoms with Crippen molar-refractivity contribution < 1.29 is 4.74 Å². The van der Waals surface area contributed by atoms with Crippen LogP contribution in [0.25, 0.3) is 0 Å². The van der Waals surface area contributed by atoms with Crippen LogP contribution in [-0.4, -0.2) is 21.9 Å². The summed E-state index contributed by atoms with van der Waals surface area (Å²) in [6.07, 6.45) is 0. The molecule has 0 atom stereocenters. The summed E-state index contributed by atoms with van der Waals surface area (Å²) in [6, 6.07) is 0. The van der Waals surface area contributed by atoms with Crippen molar-refractivity contribution in [1.29, 1.82) is 0 Å². The van der Waals surface area contributed by atoms with E-state index in [1.165, 1.54) is 0 Å². The van der Waals surface area contributed by atoms with Crippen molar-refractivity contribution in [2.75, 3.05) is 7.11 Å². The van der Waals surface area contributed by atoms with E-state index in [4.69, 9.17) is 4.74 Å². The molecule has 0 saturated heterocycles. The highest BCUT2D eigenvalue weighted by Gasteiger charge is 2.01. The number of hydrogen-bond acceptors (Lipinski definition) is 3. The van der Waals surface area contributed by atoms with Gasteiger partial charge in [-0.2, -0.15) is 0 Å². The van der Waals surface area contributed by atoms with Gasteiger partial charge in [-0.15, -0.1) is 10.2 Å². The summed E-state index contributed by atoms with van der Waals surface area (Å²) in [4.78, 5) is 0. The van der Waals surface area contributed by atoms with Gasteiger partial charge < -0.3 is 9.30 Å². The van der Waals surface area contributed by atoms with Gasteiger partial charge in [-0.3, -0.25) is 0 Å². The molecule has 0 aliphatic carbocycles. The van der Waals surface area contributed by atoms with E-state index in [9.17, 15) is 0 Å². The second-order valence-corrected chi connectivity index (χ2v) is 2.16. The van der Waals surface area contributed by atoms with Gasteiger partial charge in [-0.05, 0) is 6.92 Å². The highest BCUT2D eigenvalue weighted by atomic mass is 16.5. The molecule has 1 aromatic rings. The van der Waals surface area contributed by atoms with E-state index in [2.05, 4.69) is 10.2 Å². The summed E-state index contributed by atoms with van der Waals surface area (Å²) in [7, 11) is 3.56. The third kappa shape index (κ3) is 1.16. The zero-order chi connectivity index (χ0) is 7.56. The van der Waals surface area contributed by atoms with Gasteiger partial charge in [0, 0.05) is 14.2 Å². The van der Waals surface area contributed by atoms with Gasteiger partial charge in [0.2, 0.25) is 0 Å². The van der Waals surface area contributed by atoms with E-state index in [0.29, 0.717) is 6.61 Å². The van der Waals surface area contributed by atoms with Crippen LogP contribution in [0.1, 0.15) is 11.6 Å². The van der Waals surface area contributed by atoms with Crippen LogP contribution in [-0.2, 0) is 18.4 Å². The maximum absolute atomic E-state index is 4.90. The summed E-state index contributed by atoms with van der Waals surface area (Å²) >= 11 is 0. The second-order valence-electron chi connectivity index (χ2n) is 2.16. The molecule has 0 aromatic carbocycles. The van der Waals surface area contributed by atoms with Crippen LogP contribution in [0.4, 0.5) is 0 Å². The van der Waals surface area contributed by atoms with Crippen LogP contribution in [0.5, 0.6) is 0 Å². The fourth-order valence-corrected chi connectivity index (χ4v) is 0.706. The summed E-state index contributed by atoms with van der Waals surface area (Å²) in [5.74, 6) is 1.77. The minimum absolute atomic E-state index is 0.525. The minimum Gasteiger partial charge on any atom is -0.377 e. The number of methoxy groups -OCH3 is 1. The summed E-state index contributed by atoms with van der Waals surface area (Å²) in [5.41, 5.74) is 0. The van der Waals surface area contributed by atoms with Gasteiger partial charge >= 0.3 is 0 Å². The molecule has 0 aliphatic heterocycles. The Bertz CT molecular complexity index is 219. The van der Waals surface area contributed by atoms with Crippen LogP contribution in [0.3, 0.4) is 0 Å². The average Bonchev–Trinajstić information content (AvgIpc) is 2.20. The number of aromatic nitrogens is 3. The molecule has 4 heteroatoms. The number of hydrogen-bond donors (Lipinski definition) is 0. The molecule has 10 heavy (non-hydrogen) atoms. The van der Waals surface area contributed by atoms with Gasteiger partial charge in [0.15, 0.2) is 5.82 Å². The Kier molecular flexibility index (Phi) is 2.01. The Labute approximate surface area is 59.8 Å². The first kappa shape index (κ1) is 7.21. The van der Waals surface area contributed by atoms with E-state index in [1.54, 1.807) is 7.11 Å². The van der Waals surface area contributed by atoms with Gasteiger partial charge in [-0.1, -0.05) is 0 Å². The number of aryl methyl sites for hydroxylation is 1. The third-order valence-electron chi connectivity index (χ3n) is 1.46. The van der Waals surface area contributed by atoms with E-state index < -0.39 is 0 Å². The number of nitrogens with zero attached hydrogens (tertiary/aromatic N) is 3. The molecule has 1 rings (SSSR count). The first-order valence-electron chi connectivity index (χ1n) is 3.09. The Morgan fingerprint density at radius 3 is 2.60 bits per heavy atom. The molecular formula is C6H11N3O. The molecular weight excluding hydrogens is 130 g/mol. The maximum atomic E-state index is 4.90. The predicted octanol–water partition coefficient (Wildman–Crippen LogP) is 0.270. The lowest BCUT2D eigenvalue weighted by molar-refractivity contribution is 0.175. The highest BCUT2D eigenvalue weighted by molar-refractivity contribution is 4.90. The molecule has 0 fully saturated rings. The lowest BCUT2D eigenvalue weighted by atomic mass is 10.6. The summed E-state index contributed by atoms with van der Waals surface area (Å²) < 4.78 is 6.80. The fraction of sp³-hybridized carbons (Fsp3) is 0.667. The smallest absolute Gasteiger partial charge is 0.158 e. The Balaban J connectivity index is 2.83. The largest absolute Gasteiger partial charge is 0.377 e. The van der Waals surface area contributed by atoms with Crippen molar-refractivity contribution in [3.63, 3.8) is 0 Å². The van der Waals surface area contributed by atoms with Crippen molar-refractivity contribution in [3.8, 4) is 0 Å². The monoisotopic (exact) mass is 141 g/mol. The lowest BCUT2D eigenvalue weighted by Gasteiger charge is -1.97. The molecule has 0 bridgehead atoms. The predicted molar refractivity (Wildman–Crippen MR) is 36.5 cm³/mol. The fourth-order valence-electron chi connectivity index (χ4n) is 0.706. The normalized spacial score (nSPS) is 10.3. The van der Waals surface area contributed by atoms with Crippen molar-refractivity contribution in [2.24, 2.45) is 7.05 Å². The van der Waals surface area contributed by atoms with E-state index in [1.807, 2.05) is 18.5 Å². The highest BCUT2D eigenvalue weighted by Crippen LogP contribution is 1.97. The molecule has 0 N–H and O–H groups in total. The third-order valence-corrected chi connectivity index (χ3v) is 1.46. The van der Waals surface area contributed by atoms with Crippen molar-refractivity contribution in [2.45, 2.75) is 13.5 Å². The second kappa shape index (κ2) is 2.79. The van der Waals surface area contributed by atoms with E-state index in [0.717, 1.165) is 11.6 Å².